The van der Waals surface area contributed by atoms with Crippen LogP contribution in [0, 0.1) is 18.7 Å². The first kappa shape index (κ1) is 22.8. The highest BCUT2D eigenvalue weighted by Crippen LogP contribution is 2.24. The number of anilines is 1. The average molecular weight is 418 g/mol. The molecule has 4 nitrogen and oxygen atoms in total. The van der Waals surface area contributed by atoms with Crippen LogP contribution in [0.4, 0.5) is 10.1 Å². The second kappa shape index (κ2) is 9.83. The second-order valence-electron chi connectivity index (χ2n) is 7.51. The molecule has 0 unspecified atom stereocenters. The van der Waals surface area contributed by atoms with Gasteiger partial charge in [-0.1, -0.05) is 37.3 Å². The smallest absolute Gasteiger partial charge is 0.168 e. The Morgan fingerprint density at radius 3 is 2.48 bits per heavy atom. The van der Waals surface area contributed by atoms with E-state index in [-0.39, 0.29) is 29.7 Å². The van der Waals surface area contributed by atoms with Crippen LogP contribution in [0.3, 0.4) is 0 Å². The lowest BCUT2D eigenvalue weighted by atomic mass is 9.99. The number of allylic oxidation sites excluding steroid dienone is 1. The number of rotatable bonds is 9. The molecule has 29 heavy (non-hydrogen) atoms. The fourth-order valence-corrected chi connectivity index (χ4v) is 3.65. The Kier molecular flexibility index (Phi) is 7.73. The minimum atomic E-state index is -3.19. The van der Waals surface area contributed by atoms with Crippen molar-refractivity contribution in [1.29, 1.82) is 0 Å². The number of Topliss-reactive ketones (excluding diaryl/α,β-unsaturated/α-hetero) is 1. The van der Waals surface area contributed by atoms with E-state index >= 15 is 0 Å². The summed E-state index contributed by atoms with van der Waals surface area (Å²) in [6.07, 6.45) is 3.28. The van der Waals surface area contributed by atoms with Crippen molar-refractivity contribution in [3.63, 3.8) is 0 Å². The Labute approximate surface area is 172 Å². The Morgan fingerprint density at radius 1 is 1.17 bits per heavy atom. The van der Waals surface area contributed by atoms with Gasteiger partial charge in [-0.15, -0.1) is 0 Å². The Bertz CT molecular complexity index is 999. The zero-order chi connectivity index (χ0) is 21.6. The van der Waals surface area contributed by atoms with Crippen molar-refractivity contribution in [3.05, 3.63) is 76.5 Å². The van der Waals surface area contributed by atoms with Crippen molar-refractivity contribution < 1.29 is 17.6 Å². The summed E-state index contributed by atoms with van der Waals surface area (Å²) < 4.78 is 36.8. The third kappa shape index (κ3) is 7.13. The first-order chi connectivity index (χ1) is 13.6. The summed E-state index contributed by atoms with van der Waals surface area (Å²) in [4.78, 5) is 12.4. The van der Waals surface area contributed by atoms with E-state index in [1.807, 2.05) is 45.0 Å². The van der Waals surface area contributed by atoms with E-state index in [0.29, 0.717) is 12.1 Å². The monoisotopic (exact) mass is 417 g/mol. The number of aryl methyl sites for hydroxylation is 1. The summed E-state index contributed by atoms with van der Waals surface area (Å²) >= 11 is 0. The Hall–Kier alpha value is -2.47. The van der Waals surface area contributed by atoms with Gasteiger partial charge in [0.1, 0.15) is 5.82 Å². The standard InChI is InChI=1S/C23H28FNO3S/c1-16(13-14-29(4,27)28)9-12-23(26)21-11-10-19(15-22(21)24)25-18(3)20-8-6-5-7-17(20)2/h5-8,10-11,13-16,18,25H,9,12H2,1-4H3/b14-13+/t16-,18-/m0/s1. The molecule has 2 atom stereocenters. The highest BCUT2D eigenvalue weighted by molar-refractivity contribution is 7.93. The van der Waals surface area contributed by atoms with Crippen molar-refractivity contribution >= 4 is 21.3 Å². The van der Waals surface area contributed by atoms with Crippen LogP contribution in [0.15, 0.2) is 53.9 Å². The lowest BCUT2D eigenvalue weighted by molar-refractivity contribution is 0.0973. The maximum absolute atomic E-state index is 14.5. The van der Waals surface area contributed by atoms with Crippen LogP contribution in [-0.4, -0.2) is 20.5 Å². The zero-order valence-corrected chi connectivity index (χ0v) is 18.1. The van der Waals surface area contributed by atoms with E-state index in [2.05, 4.69) is 5.32 Å². The molecule has 2 rings (SSSR count). The molecule has 0 fully saturated rings. The van der Waals surface area contributed by atoms with E-state index in [1.165, 1.54) is 12.1 Å². The lowest BCUT2D eigenvalue weighted by Gasteiger charge is -2.18. The molecule has 0 aromatic heterocycles. The maximum atomic E-state index is 14.5. The van der Waals surface area contributed by atoms with Crippen LogP contribution in [0.2, 0.25) is 0 Å². The number of hydrogen-bond acceptors (Lipinski definition) is 4. The topological polar surface area (TPSA) is 63.2 Å². The quantitative estimate of drug-likeness (QED) is 0.550. The third-order valence-corrected chi connectivity index (χ3v) is 5.44. The number of benzene rings is 2. The van der Waals surface area contributed by atoms with Crippen LogP contribution in [0.1, 0.15) is 54.2 Å². The van der Waals surface area contributed by atoms with E-state index in [0.717, 1.165) is 22.8 Å². The minimum absolute atomic E-state index is 0.000340. The fraction of sp³-hybridized carbons (Fsp3) is 0.348. The highest BCUT2D eigenvalue weighted by Gasteiger charge is 2.15. The van der Waals surface area contributed by atoms with Crippen molar-refractivity contribution in [2.45, 2.75) is 39.7 Å². The van der Waals surface area contributed by atoms with E-state index < -0.39 is 15.7 Å². The largest absolute Gasteiger partial charge is 0.378 e. The molecule has 0 spiro atoms. The van der Waals surface area contributed by atoms with Gasteiger partial charge in [-0.25, -0.2) is 12.8 Å². The second-order valence-corrected chi connectivity index (χ2v) is 9.45. The van der Waals surface area contributed by atoms with Gasteiger partial charge in [0.05, 0.1) is 5.56 Å². The van der Waals surface area contributed by atoms with Crippen molar-refractivity contribution in [1.82, 2.24) is 0 Å². The van der Waals surface area contributed by atoms with E-state index in [1.54, 1.807) is 12.1 Å². The summed E-state index contributed by atoms with van der Waals surface area (Å²) in [6.45, 7) is 5.86. The van der Waals surface area contributed by atoms with Crippen LogP contribution >= 0.6 is 0 Å². The molecule has 2 aromatic carbocycles. The molecule has 0 heterocycles. The van der Waals surface area contributed by atoms with Gasteiger partial charge >= 0.3 is 0 Å². The molecule has 0 aliphatic carbocycles. The van der Waals surface area contributed by atoms with Gasteiger partial charge in [0.15, 0.2) is 15.6 Å². The number of halogens is 1. The Morgan fingerprint density at radius 2 is 1.86 bits per heavy atom. The number of carbonyl (C=O) groups is 1. The number of ketones is 1. The molecule has 0 saturated carbocycles. The van der Waals surface area contributed by atoms with Gasteiger partial charge in [-0.3, -0.25) is 4.79 Å². The highest BCUT2D eigenvalue weighted by atomic mass is 32.2. The summed E-state index contributed by atoms with van der Waals surface area (Å²) in [7, 11) is -3.19. The third-order valence-electron chi connectivity index (χ3n) is 4.79. The summed E-state index contributed by atoms with van der Waals surface area (Å²) in [6, 6.07) is 12.6. The average Bonchev–Trinajstić information content (AvgIpc) is 2.64. The van der Waals surface area contributed by atoms with Gasteiger partial charge in [0.2, 0.25) is 0 Å². The molecule has 0 saturated heterocycles. The zero-order valence-electron chi connectivity index (χ0n) is 17.3. The van der Waals surface area contributed by atoms with Gasteiger partial charge in [0, 0.05) is 29.8 Å². The molecule has 2 aromatic rings. The van der Waals surface area contributed by atoms with Crippen molar-refractivity contribution in [2.24, 2.45) is 5.92 Å². The molecular weight excluding hydrogens is 389 g/mol. The molecule has 0 aliphatic heterocycles. The van der Waals surface area contributed by atoms with Crippen LogP contribution in [0.25, 0.3) is 0 Å². The summed E-state index contributed by atoms with van der Waals surface area (Å²) in [5.41, 5.74) is 2.95. The number of carbonyl (C=O) groups excluding carboxylic acids is 1. The molecule has 0 radical (unpaired) electrons. The predicted molar refractivity (Wildman–Crippen MR) is 116 cm³/mol. The summed E-state index contributed by atoms with van der Waals surface area (Å²) in [5, 5.41) is 4.41. The van der Waals surface area contributed by atoms with Gasteiger partial charge in [-0.2, -0.15) is 0 Å². The van der Waals surface area contributed by atoms with Gasteiger partial charge in [0.25, 0.3) is 0 Å². The minimum Gasteiger partial charge on any atom is -0.378 e. The first-order valence-corrected chi connectivity index (χ1v) is 11.6. The molecule has 6 heteroatoms. The van der Waals surface area contributed by atoms with E-state index in [4.69, 9.17) is 0 Å². The lowest BCUT2D eigenvalue weighted by Crippen LogP contribution is -2.10. The molecule has 156 valence electrons. The predicted octanol–water partition coefficient (Wildman–Crippen LogP) is 5.46. The maximum Gasteiger partial charge on any atom is 0.168 e. The SMILES string of the molecule is Cc1ccccc1[C@H](C)Nc1ccc(C(=O)CC[C@H](C)/C=C/S(C)(=O)=O)c(F)c1. The molecule has 0 bridgehead atoms. The van der Waals surface area contributed by atoms with Crippen LogP contribution in [-0.2, 0) is 9.84 Å². The summed E-state index contributed by atoms with van der Waals surface area (Å²) in [5.74, 6) is -0.940. The Balaban J connectivity index is 2.00. The van der Waals surface area contributed by atoms with Crippen LogP contribution < -0.4 is 5.32 Å². The van der Waals surface area contributed by atoms with Crippen LogP contribution in [0.5, 0.6) is 0 Å². The first-order valence-electron chi connectivity index (χ1n) is 9.60. The van der Waals surface area contributed by atoms with Crippen molar-refractivity contribution in [2.75, 3.05) is 11.6 Å². The van der Waals surface area contributed by atoms with Gasteiger partial charge in [-0.05, 0) is 55.5 Å². The normalized spacial score (nSPS) is 14.0. The van der Waals surface area contributed by atoms with Gasteiger partial charge < -0.3 is 5.32 Å². The fourth-order valence-electron chi connectivity index (χ4n) is 3.10. The number of hydrogen-bond donors (Lipinski definition) is 1. The molecular formula is C23H28FNO3S. The molecule has 1 N–H and O–H groups in total. The number of nitrogens with one attached hydrogen (secondary N) is 1. The molecule has 0 aliphatic rings. The van der Waals surface area contributed by atoms with E-state index in [9.17, 15) is 17.6 Å². The molecule has 0 amide bonds. The van der Waals surface area contributed by atoms with Crippen molar-refractivity contribution in [3.8, 4) is 0 Å². The number of sulfone groups is 1.